The summed E-state index contributed by atoms with van der Waals surface area (Å²) >= 11 is 1.79. The molecule has 0 radical (unpaired) electrons. The molecule has 4 heteroatoms. The van der Waals surface area contributed by atoms with Crippen molar-refractivity contribution in [3.8, 4) is 0 Å². The van der Waals surface area contributed by atoms with Gasteiger partial charge >= 0.3 is 0 Å². The third kappa shape index (κ3) is 2.88. The summed E-state index contributed by atoms with van der Waals surface area (Å²) in [7, 11) is 0. The van der Waals surface area contributed by atoms with E-state index in [1.807, 2.05) is 11.8 Å². The van der Waals surface area contributed by atoms with Crippen molar-refractivity contribution < 1.29 is 4.79 Å². The standard InChI is InChI=1S/C9H18N2OS/c1-3-8-9(12)11(5-4-10-8)6-7-13-2/h8,10H,3-7H2,1-2H3. The molecule has 1 saturated heterocycles. The Morgan fingerprint density at radius 3 is 3.08 bits per heavy atom. The van der Waals surface area contributed by atoms with E-state index in [-0.39, 0.29) is 11.9 Å². The molecule has 1 fully saturated rings. The highest BCUT2D eigenvalue weighted by Gasteiger charge is 2.25. The number of carbonyl (C=O) groups is 1. The van der Waals surface area contributed by atoms with Crippen LogP contribution in [0.1, 0.15) is 13.3 Å². The van der Waals surface area contributed by atoms with Gasteiger partial charge in [0.15, 0.2) is 0 Å². The smallest absolute Gasteiger partial charge is 0.239 e. The molecule has 13 heavy (non-hydrogen) atoms. The Morgan fingerprint density at radius 1 is 1.69 bits per heavy atom. The fraction of sp³-hybridized carbons (Fsp3) is 0.889. The van der Waals surface area contributed by atoms with Crippen LogP contribution in [0.2, 0.25) is 0 Å². The molecule has 76 valence electrons. The van der Waals surface area contributed by atoms with Crippen LogP contribution in [0.4, 0.5) is 0 Å². The van der Waals surface area contributed by atoms with Crippen molar-refractivity contribution in [2.45, 2.75) is 19.4 Å². The third-order valence-electron chi connectivity index (χ3n) is 2.36. The summed E-state index contributed by atoms with van der Waals surface area (Å²) in [5, 5.41) is 3.23. The number of carbonyl (C=O) groups excluding carboxylic acids is 1. The van der Waals surface area contributed by atoms with Gasteiger partial charge in [0.25, 0.3) is 0 Å². The number of nitrogens with zero attached hydrogens (tertiary/aromatic N) is 1. The van der Waals surface area contributed by atoms with Gasteiger partial charge in [0.05, 0.1) is 6.04 Å². The lowest BCUT2D eigenvalue weighted by molar-refractivity contribution is -0.135. The van der Waals surface area contributed by atoms with E-state index in [4.69, 9.17) is 0 Å². The predicted octanol–water partition coefficient (Wildman–Crippen LogP) is 0.560. The Labute approximate surface area is 84.2 Å². The highest BCUT2D eigenvalue weighted by molar-refractivity contribution is 7.98. The summed E-state index contributed by atoms with van der Waals surface area (Å²) in [6.45, 7) is 4.76. The van der Waals surface area contributed by atoms with Crippen LogP contribution in [-0.2, 0) is 4.79 Å². The highest BCUT2D eigenvalue weighted by atomic mass is 32.2. The molecular formula is C9H18N2OS. The molecule has 1 N–H and O–H groups in total. The molecule has 3 nitrogen and oxygen atoms in total. The topological polar surface area (TPSA) is 32.3 Å². The normalized spacial score (nSPS) is 23.7. The van der Waals surface area contributed by atoms with Crippen LogP contribution in [0.15, 0.2) is 0 Å². The van der Waals surface area contributed by atoms with E-state index in [0.29, 0.717) is 0 Å². The zero-order valence-corrected chi connectivity index (χ0v) is 9.19. The van der Waals surface area contributed by atoms with Gasteiger partial charge in [-0.2, -0.15) is 11.8 Å². The number of rotatable bonds is 4. The summed E-state index contributed by atoms with van der Waals surface area (Å²) in [6.07, 6.45) is 2.97. The average molecular weight is 202 g/mol. The van der Waals surface area contributed by atoms with Crippen molar-refractivity contribution in [1.29, 1.82) is 0 Å². The summed E-state index contributed by atoms with van der Waals surface area (Å²) in [5.41, 5.74) is 0. The van der Waals surface area contributed by atoms with Crippen molar-refractivity contribution in [3.63, 3.8) is 0 Å². The van der Waals surface area contributed by atoms with Crippen molar-refractivity contribution in [3.05, 3.63) is 0 Å². The van der Waals surface area contributed by atoms with E-state index in [1.54, 1.807) is 11.8 Å². The number of amides is 1. The van der Waals surface area contributed by atoms with E-state index in [0.717, 1.165) is 31.8 Å². The first kappa shape index (κ1) is 10.9. The maximum Gasteiger partial charge on any atom is 0.239 e. The average Bonchev–Trinajstić information content (AvgIpc) is 2.16. The molecular weight excluding hydrogens is 184 g/mol. The first-order valence-corrected chi connectivity index (χ1v) is 6.20. The molecule has 1 rings (SSSR count). The van der Waals surface area contributed by atoms with Gasteiger partial charge in [-0.1, -0.05) is 6.92 Å². The monoisotopic (exact) mass is 202 g/mol. The van der Waals surface area contributed by atoms with Crippen molar-refractivity contribution in [2.24, 2.45) is 0 Å². The zero-order valence-electron chi connectivity index (χ0n) is 8.38. The van der Waals surface area contributed by atoms with Crippen LogP contribution in [0.3, 0.4) is 0 Å². The molecule has 0 bridgehead atoms. The minimum Gasteiger partial charge on any atom is -0.339 e. The maximum atomic E-state index is 11.7. The number of nitrogens with one attached hydrogen (secondary N) is 1. The van der Waals surface area contributed by atoms with Crippen LogP contribution < -0.4 is 5.32 Å². The van der Waals surface area contributed by atoms with Gasteiger partial charge in [-0.25, -0.2) is 0 Å². The Bertz CT molecular complexity index is 175. The van der Waals surface area contributed by atoms with Gasteiger partial charge in [0.2, 0.25) is 5.91 Å². The Balaban J connectivity index is 2.40. The van der Waals surface area contributed by atoms with Crippen molar-refractivity contribution in [1.82, 2.24) is 10.2 Å². The molecule has 1 amide bonds. The predicted molar refractivity (Wildman–Crippen MR) is 57.0 cm³/mol. The molecule has 0 saturated carbocycles. The van der Waals surface area contributed by atoms with E-state index >= 15 is 0 Å². The number of piperazine rings is 1. The van der Waals surface area contributed by atoms with Crippen LogP contribution in [0.25, 0.3) is 0 Å². The lowest BCUT2D eigenvalue weighted by Crippen LogP contribution is -2.55. The van der Waals surface area contributed by atoms with E-state index in [2.05, 4.69) is 11.6 Å². The largest absolute Gasteiger partial charge is 0.339 e. The first-order chi connectivity index (χ1) is 6.29. The first-order valence-electron chi connectivity index (χ1n) is 4.80. The molecule has 0 spiro atoms. The summed E-state index contributed by atoms with van der Waals surface area (Å²) in [4.78, 5) is 13.7. The maximum absolute atomic E-state index is 11.7. The Kier molecular flexibility index (Phi) is 4.59. The SMILES string of the molecule is CCC1NCCN(CCSC)C1=O. The second-order valence-corrected chi connectivity index (χ2v) is 4.22. The van der Waals surface area contributed by atoms with Gasteiger partial charge in [-0.3, -0.25) is 4.79 Å². The Morgan fingerprint density at radius 2 is 2.46 bits per heavy atom. The number of hydrogen-bond donors (Lipinski definition) is 1. The van der Waals surface area contributed by atoms with Crippen LogP contribution in [-0.4, -0.2) is 48.5 Å². The Hall–Kier alpha value is -0.220. The molecule has 1 aliphatic rings. The van der Waals surface area contributed by atoms with Crippen molar-refractivity contribution >= 4 is 17.7 Å². The van der Waals surface area contributed by atoms with Gasteiger partial charge in [0, 0.05) is 25.4 Å². The van der Waals surface area contributed by atoms with Crippen LogP contribution in [0, 0.1) is 0 Å². The number of thioether (sulfide) groups is 1. The molecule has 0 aliphatic carbocycles. The zero-order chi connectivity index (χ0) is 9.68. The van der Waals surface area contributed by atoms with Crippen molar-refractivity contribution in [2.75, 3.05) is 31.6 Å². The quantitative estimate of drug-likeness (QED) is 0.723. The lowest BCUT2D eigenvalue weighted by Gasteiger charge is -2.32. The number of hydrogen-bond acceptors (Lipinski definition) is 3. The molecule has 0 aromatic carbocycles. The minimum absolute atomic E-state index is 0.0654. The van der Waals surface area contributed by atoms with Gasteiger partial charge in [-0.15, -0.1) is 0 Å². The fourth-order valence-corrected chi connectivity index (χ4v) is 1.94. The second kappa shape index (κ2) is 5.50. The van der Waals surface area contributed by atoms with Gasteiger partial charge in [-0.05, 0) is 12.7 Å². The molecule has 1 aliphatic heterocycles. The van der Waals surface area contributed by atoms with Crippen LogP contribution >= 0.6 is 11.8 Å². The third-order valence-corrected chi connectivity index (χ3v) is 2.95. The highest BCUT2D eigenvalue weighted by Crippen LogP contribution is 2.05. The van der Waals surface area contributed by atoms with Gasteiger partial charge in [0.1, 0.15) is 0 Å². The molecule has 0 aromatic heterocycles. The summed E-state index contributed by atoms with van der Waals surface area (Å²) in [5.74, 6) is 1.32. The molecule has 1 atom stereocenters. The fourth-order valence-electron chi connectivity index (χ4n) is 1.53. The van der Waals surface area contributed by atoms with E-state index in [1.165, 1.54) is 0 Å². The van der Waals surface area contributed by atoms with E-state index < -0.39 is 0 Å². The molecule has 1 unspecified atom stereocenters. The molecule has 1 heterocycles. The molecule has 0 aromatic rings. The lowest BCUT2D eigenvalue weighted by atomic mass is 10.1. The summed E-state index contributed by atoms with van der Waals surface area (Å²) in [6, 6.07) is 0.0654. The van der Waals surface area contributed by atoms with E-state index in [9.17, 15) is 4.79 Å². The van der Waals surface area contributed by atoms with Gasteiger partial charge < -0.3 is 10.2 Å². The van der Waals surface area contributed by atoms with Crippen LogP contribution in [0.5, 0.6) is 0 Å². The summed E-state index contributed by atoms with van der Waals surface area (Å²) < 4.78 is 0. The minimum atomic E-state index is 0.0654. The second-order valence-electron chi connectivity index (χ2n) is 3.23.